The lowest BCUT2D eigenvalue weighted by Gasteiger charge is -2.01. The molecule has 17 heavy (non-hydrogen) atoms. The molecule has 2 aromatic rings. The van der Waals surface area contributed by atoms with Crippen molar-refractivity contribution in [3.63, 3.8) is 0 Å². The van der Waals surface area contributed by atoms with Crippen LogP contribution in [0.15, 0.2) is 46.7 Å². The zero-order chi connectivity index (χ0) is 12.1. The molecule has 0 saturated heterocycles. The largest absolute Gasteiger partial charge is 0.366 e. The molecule has 0 unspecified atom stereocenters. The van der Waals surface area contributed by atoms with Crippen LogP contribution in [0.1, 0.15) is 9.75 Å². The maximum absolute atomic E-state index is 11.3. The Morgan fingerprint density at radius 2 is 1.82 bits per heavy atom. The van der Waals surface area contributed by atoms with Crippen LogP contribution in [-0.2, 0) is 17.6 Å². The van der Waals surface area contributed by atoms with Crippen LogP contribution < -0.4 is 5.73 Å². The summed E-state index contributed by atoms with van der Waals surface area (Å²) in [5, 5.41) is 4.04. The van der Waals surface area contributed by atoms with E-state index in [1.165, 1.54) is 9.75 Å². The fraction of sp³-hybridized carbons (Fsp3) is 0.154. The molecule has 2 N–H and O–H groups in total. The molecule has 0 aromatic carbocycles. The SMILES string of the molecule is NC(=O)C(=CCc1cccs1)Cc1cccs1. The van der Waals surface area contributed by atoms with Crippen molar-refractivity contribution in [3.05, 3.63) is 56.4 Å². The van der Waals surface area contributed by atoms with E-state index in [9.17, 15) is 4.79 Å². The number of carbonyl (C=O) groups excluding carboxylic acids is 1. The van der Waals surface area contributed by atoms with Gasteiger partial charge in [0.15, 0.2) is 0 Å². The summed E-state index contributed by atoms with van der Waals surface area (Å²) in [4.78, 5) is 13.8. The van der Waals surface area contributed by atoms with Crippen molar-refractivity contribution in [2.75, 3.05) is 0 Å². The standard InChI is InChI=1S/C13H13NOS2/c14-13(15)10(9-12-4-2-8-17-12)5-6-11-3-1-7-16-11/h1-5,7-8H,6,9H2,(H2,14,15). The van der Waals surface area contributed by atoms with Crippen molar-refractivity contribution in [1.29, 1.82) is 0 Å². The van der Waals surface area contributed by atoms with Gasteiger partial charge in [0.1, 0.15) is 0 Å². The van der Waals surface area contributed by atoms with Gasteiger partial charge >= 0.3 is 0 Å². The molecule has 0 radical (unpaired) electrons. The molecule has 0 saturated carbocycles. The van der Waals surface area contributed by atoms with Gasteiger partial charge in [-0.2, -0.15) is 0 Å². The lowest BCUT2D eigenvalue weighted by molar-refractivity contribution is -0.114. The number of amides is 1. The predicted octanol–water partition coefficient (Wildman–Crippen LogP) is 3.01. The Hall–Kier alpha value is -1.39. The smallest absolute Gasteiger partial charge is 0.244 e. The summed E-state index contributed by atoms with van der Waals surface area (Å²) in [5.74, 6) is -0.324. The van der Waals surface area contributed by atoms with E-state index in [2.05, 4.69) is 6.07 Å². The molecule has 0 aliphatic rings. The predicted molar refractivity (Wildman–Crippen MR) is 73.3 cm³/mol. The average Bonchev–Trinajstić information content (AvgIpc) is 2.97. The minimum Gasteiger partial charge on any atom is -0.366 e. The van der Waals surface area contributed by atoms with Crippen LogP contribution in [0.4, 0.5) is 0 Å². The Balaban J connectivity index is 2.06. The summed E-state index contributed by atoms with van der Waals surface area (Å²) in [6, 6.07) is 8.08. The second-order valence-corrected chi connectivity index (χ2v) is 5.70. The first-order valence-corrected chi connectivity index (χ1v) is 7.05. The fourth-order valence-corrected chi connectivity index (χ4v) is 2.91. The number of nitrogens with two attached hydrogens (primary N) is 1. The Bertz CT molecular complexity index is 498. The van der Waals surface area contributed by atoms with E-state index in [1.807, 2.05) is 35.0 Å². The number of hydrogen-bond donors (Lipinski definition) is 1. The van der Waals surface area contributed by atoms with Crippen LogP contribution in [-0.4, -0.2) is 5.91 Å². The number of hydrogen-bond acceptors (Lipinski definition) is 3. The van der Waals surface area contributed by atoms with E-state index in [0.717, 1.165) is 6.42 Å². The molecule has 2 aromatic heterocycles. The lowest BCUT2D eigenvalue weighted by atomic mass is 10.1. The van der Waals surface area contributed by atoms with Gasteiger partial charge in [0.05, 0.1) is 0 Å². The molecule has 2 nitrogen and oxygen atoms in total. The third-order valence-electron chi connectivity index (χ3n) is 2.39. The highest BCUT2D eigenvalue weighted by Gasteiger charge is 2.06. The number of primary amides is 1. The third kappa shape index (κ3) is 3.54. The lowest BCUT2D eigenvalue weighted by Crippen LogP contribution is -2.15. The van der Waals surface area contributed by atoms with E-state index >= 15 is 0 Å². The maximum atomic E-state index is 11.3. The van der Waals surface area contributed by atoms with Gasteiger partial charge in [-0.15, -0.1) is 22.7 Å². The Kier molecular flexibility index (Phi) is 4.12. The summed E-state index contributed by atoms with van der Waals surface area (Å²) in [7, 11) is 0. The molecular formula is C13H13NOS2. The molecule has 0 aliphatic heterocycles. The van der Waals surface area contributed by atoms with E-state index in [0.29, 0.717) is 12.0 Å². The fourth-order valence-electron chi connectivity index (χ4n) is 1.51. The number of carbonyl (C=O) groups is 1. The highest BCUT2D eigenvalue weighted by atomic mass is 32.1. The van der Waals surface area contributed by atoms with E-state index in [1.54, 1.807) is 22.7 Å². The Morgan fingerprint density at radius 1 is 1.18 bits per heavy atom. The zero-order valence-corrected chi connectivity index (χ0v) is 10.9. The first-order chi connectivity index (χ1) is 8.25. The van der Waals surface area contributed by atoms with Crippen LogP contribution in [0.5, 0.6) is 0 Å². The molecule has 1 amide bonds. The minimum absolute atomic E-state index is 0.324. The van der Waals surface area contributed by atoms with Gasteiger partial charge in [0, 0.05) is 28.2 Å². The highest BCUT2D eigenvalue weighted by molar-refractivity contribution is 7.10. The van der Waals surface area contributed by atoms with Crippen molar-refractivity contribution in [3.8, 4) is 0 Å². The van der Waals surface area contributed by atoms with Crippen LogP contribution >= 0.6 is 22.7 Å². The first kappa shape index (κ1) is 12.1. The van der Waals surface area contributed by atoms with E-state index < -0.39 is 0 Å². The van der Waals surface area contributed by atoms with Crippen molar-refractivity contribution >= 4 is 28.6 Å². The topological polar surface area (TPSA) is 43.1 Å². The summed E-state index contributed by atoms with van der Waals surface area (Å²) < 4.78 is 0. The summed E-state index contributed by atoms with van der Waals surface area (Å²) in [6.07, 6.45) is 3.35. The van der Waals surface area contributed by atoms with Crippen LogP contribution in [0, 0.1) is 0 Å². The number of thiophene rings is 2. The molecule has 4 heteroatoms. The quantitative estimate of drug-likeness (QED) is 0.828. The second-order valence-electron chi connectivity index (χ2n) is 3.63. The van der Waals surface area contributed by atoms with Crippen LogP contribution in [0.2, 0.25) is 0 Å². The average molecular weight is 263 g/mol. The van der Waals surface area contributed by atoms with Gasteiger partial charge in [-0.05, 0) is 22.9 Å². The molecule has 0 spiro atoms. The van der Waals surface area contributed by atoms with Crippen LogP contribution in [0.3, 0.4) is 0 Å². The summed E-state index contributed by atoms with van der Waals surface area (Å²) in [5.41, 5.74) is 6.09. The van der Waals surface area contributed by atoms with Gasteiger partial charge in [0.2, 0.25) is 5.91 Å². The molecule has 0 aliphatic carbocycles. The van der Waals surface area contributed by atoms with Gasteiger partial charge in [0.25, 0.3) is 0 Å². The molecule has 0 bridgehead atoms. The van der Waals surface area contributed by atoms with Crippen molar-refractivity contribution in [2.45, 2.75) is 12.8 Å². The first-order valence-electron chi connectivity index (χ1n) is 5.29. The minimum atomic E-state index is -0.324. The Labute approximate surface area is 108 Å². The van der Waals surface area contributed by atoms with Gasteiger partial charge in [-0.3, -0.25) is 4.79 Å². The summed E-state index contributed by atoms with van der Waals surface area (Å²) >= 11 is 3.34. The molecule has 88 valence electrons. The van der Waals surface area contributed by atoms with Gasteiger partial charge in [-0.1, -0.05) is 18.2 Å². The summed E-state index contributed by atoms with van der Waals surface area (Å²) in [6.45, 7) is 0. The van der Waals surface area contributed by atoms with Crippen LogP contribution in [0.25, 0.3) is 0 Å². The molecule has 0 fully saturated rings. The normalized spacial score (nSPS) is 11.6. The zero-order valence-electron chi connectivity index (χ0n) is 9.26. The number of allylic oxidation sites excluding steroid dienone is 1. The third-order valence-corrected chi connectivity index (χ3v) is 4.17. The van der Waals surface area contributed by atoms with E-state index in [-0.39, 0.29) is 5.91 Å². The molecule has 0 atom stereocenters. The van der Waals surface area contributed by atoms with Gasteiger partial charge in [-0.25, -0.2) is 0 Å². The van der Waals surface area contributed by atoms with Gasteiger partial charge < -0.3 is 5.73 Å². The van der Waals surface area contributed by atoms with Crippen molar-refractivity contribution < 1.29 is 4.79 Å². The van der Waals surface area contributed by atoms with E-state index in [4.69, 9.17) is 5.73 Å². The number of rotatable bonds is 5. The molecule has 2 heterocycles. The monoisotopic (exact) mass is 263 g/mol. The second kappa shape index (κ2) is 5.80. The van der Waals surface area contributed by atoms with Crippen molar-refractivity contribution in [1.82, 2.24) is 0 Å². The Morgan fingerprint density at radius 3 is 2.35 bits per heavy atom. The van der Waals surface area contributed by atoms with Crippen molar-refractivity contribution in [2.24, 2.45) is 5.73 Å². The molecular weight excluding hydrogens is 250 g/mol. The molecule has 2 rings (SSSR count). The highest BCUT2D eigenvalue weighted by Crippen LogP contribution is 2.16. The maximum Gasteiger partial charge on any atom is 0.244 e.